The molecule has 1 aliphatic rings. The summed E-state index contributed by atoms with van der Waals surface area (Å²) in [5.74, 6) is 0.815. The van der Waals surface area contributed by atoms with Gasteiger partial charge >= 0.3 is 0 Å². The van der Waals surface area contributed by atoms with Crippen molar-refractivity contribution in [1.29, 1.82) is 0 Å². The lowest BCUT2D eigenvalue weighted by molar-refractivity contribution is 0.410. The van der Waals surface area contributed by atoms with Crippen molar-refractivity contribution in [3.63, 3.8) is 0 Å². The van der Waals surface area contributed by atoms with Crippen LogP contribution in [-0.2, 0) is 16.4 Å². The molecule has 0 radical (unpaired) electrons. The summed E-state index contributed by atoms with van der Waals surface area (Å²) in [6.07, 6.45) is 4.80. The summed E-state index contributed by atoms with van der Waals surface area (Å²) in [7, 11) is -2.02. The number of sulfonamides is 1. The summed E-state index contributed by atoms with van der Waals surface area (Å²) >= 11 is 0. The maximum atomic E-state index is 13.0. The number of methoxy groups -OCH3 is 1. The molecule has 3 aromatic rings. The first kappa shape index (κ1) is 16.1. The molecular weight excluding hydrogens is 336 g/mol. The van der Waals surface area contributed by atoms with Gasteiger partial charge in [-0.1, -0.05) is 24.3 Å². The minimum atomic E-state index is -3.65. The quantitative estimate of drug-likeness (QED) is 0.781. The Labute approximate surface area is 146 Å². The number of nitrogens with zero attached hydrogens (tertiary/aromatic N) is 1. The molecule has 0 fully saturated rings. The van der Waals surface area contributed by atoms with Crippen LogP contribution in [0.3, 0.4) is 0 Å². The Kier molecular flexibility index (Phi) is 3.94. The van der Waals surface area contributed by atoms with Gasteiger partial charge in [0, 0.05) is 29.2 Å². The van der Waals surface area contributed by atoms with Crippen LogP contribution in [0.25, 0.3) is 10.8 Å². The molecule has 0 bridgehead atoms. The highest BCUT2D eigenvalue weighted by Crippen LogP contribution is 2.37. The van der Waals surface area contributed by atoms with Crippen LogP contribution >= 0.6 is 0 Å². The Bertz CT molecular complexity index is 1040. The molecule has 0 amide bonds. The second-order valence-electron chi connectivity index (χ2n) is 6.09. The molecule has 6 heteroatoms. The number of rotatable bonds is 4. The number of benzene rings is 2. The Morgan fingerprint density at radius 3 is 2.84 bits per heavy atom. The largest absolute Gasteiger partial charge is 0.496 e. The SMILES string of the molecule is COc1cccc2c1CC[C@H]2NS(=O)(=O)c1cccc2cnccc12. The normalized spacial score (nSPS) is 16.8. The number of aromatic nitrogens is 1. The average molecular weight is 354 g/mol. The molecule has 0 spiro atoms. The van der Waals surface area contributed by atoms with E-state index in [1.165, 1.54) is 0 Å². The van der Waals surface area contributed by atoms with Crippen LogP contribution in [0.15, 0.2) is 59.8 Å². The highest BCUT2D eigenvalue weighted by Gasteiger charge is 2.29. The molecule has 5 nitrogen and oxygen atoms in total. The van der Waals surface area contributed by atoms with Crippen molar-refractivity contribution in [2.24, 2.45) is 0 Å². The molecule has 0 saturated heterocycles. The standard InChI is InChI=1S/C19H18N2O3S/c1-24-18-6-3-5-15-16(18)8-9-17(15)21-25(22,23)19-7-2-4-13-12-20-11-10-14(13)19/h2-7,10-12,17,21H,8-9H2,1H3/t17-/m1/s1. The zero-order chi connectivity index (χ0) is 17.4. The van der Waals surface area contributed by atoms with Crippen LogP contribution in [0.1, 0.15) is 23.6 Å². The van der Waals surface area contributed by atoms with Crippen molar-refractivity contribution in [2.75, 3.05) is 7.11 Å². The van der Waals surface area contributed by atoms with Gasteiger partial charge in [0.05, 0.1) is 12.0 Å². The van der Waals surface area contributed by atoms with E-state index in [0.717, 1.165) is 35.1 Å². The highest BCUT2D eigenvalue weighted by atomic mass is 32.2. The Morgan fingerprint density at radius 1 is 1.16 bits per heavy atom. The van der Waals surface area contributed by atoms with E-state index in [1.54, 1.807) is 37.7 Å². The predicted molar refractivity (Wildman–Crippen MR) is 96.1 cm³/mol. The Hall–Kier alpha value is -2.44. The predicted octanol–water partition coefficient (Wildman–Crippen LogP) is 3.21. The van der Waals surface area contributed by atoms with Crippen LogP contribution in [0.4, 0.5) is 0 Å². The smallest absolute Gasteiger partial charge is 0.241 e. The summed E-state index contributed by atoms with van der Waals surface area (Å²) in [5.41, 5.74) is 2.07. The third-order valence-electron chi connectivity index (χ3n) is 4.68. The molecule has 128 valence electrons. The maximum absolute atomic E-state index is 13.0. The van der Waals surface area contributed by atoms with Gasteiger partial charge in [0.2, 0.25) is 10.0 Å². The molecule has 0 unspecified atom stereocenters. The maximum Gasteiger partial charge on any atom is 0.241 e. The van der Waals surface area contributed by atoms with E-state index in [0.29, 0.717) is 5.39 Å². The van der Waals surface area contributed by atoms with Gasteiger partial charge in [0.15, 0.2) is 0 Å². The van der Waals surface area contributed by atoms with Gasteiger partial charge in [-0.3, -0.25) is 4.98 Å². The molecule has 0 saturated carbocycles. The fourth-order valence-corrected chi connectivity index (χ4v) is 4.99. The third-order valence-corrected chi connectivity index (χ3v) is 6.21. The van der Waals surface area contributed by atoms with Crippen LogP contribution in [0.5, 0.6) is 5.75 Å². The number of ether oxygens (including phenoxy) is 1. The number of fused-ring (bicyclic) bond motifs is 2. The summed E-state index contributed by atoms with van der Waals surface area (Å²) in [6, 6.07) is 12.5. The summed E-state index contributed by atoms with van der Waals surface area (Å²) in [6.45, 7) is 0. The number of pyridine rings is 1. The lowest BCUT2D eigenvalue weighted by atomic mass is 10.1. The van der Waals surface area contributed by atoms with Gasteiger partial charge in [0.1, 0.15) is 5.75 Å². The average Bonchev–Trinajstić information content (AvgIpc) is 3.03. The zero-order valence-corrected chi connectivity index (χ0v) is 14.6. The van der Waals surface area contributed by atoms with Crippen molar-refractivity contribution in [1.82, 2.24) is 9.71 Å². The summed E-state index contributed by atoms with van der Waals surface area (Å²) in [4.78, 5) is 4.34. The molecule has 1 aromatic heterocycles. The lowest BCUT2D eigenvalue weighted by Gasteiger charge is -2.16. The number of nitrogens with one attached hydrogen (secondary N) is 1. The number of hydrogen-bond acceptors (Lipinski definition) is 4. The van der Waals surface area contributed by atoms with E-state index in [1.807, 2.05) is 24.3 Å². The van der Waals surface area contributed by atoms with Crippen molar-refractivity contribution < 1.29 is 13.2 Å². The van der Waals surface area contributed by atoms with Crippen LogP contribution in [-0.4, -0.2) is 20.5 Å². The molecule has 1 aliphatic carbocycles. The van der Waals surface area contributed by atoms with Crippen molar-refractivity contribution in [3.8, 4) is 5.75 Å². The van der Waals surface area contributed by atoms with Gasteiger partial charge in [-0.15, -0.1) is 0 Å². The molecule has 1 atom stereocenters. The van der Waals surface area contributed by atoms with E-state index < -0.39 is 10.0 Å². The van der Waals surface area contributed by atoms with Gasteiger partial charge in [-0.25, -0.2) is 13.1 Å². The molecule has 1 heterocycles. The second kappa shape index (κ2) is 6.13. The number of hydrogen-bond donors (Lipinski definition) is 1. The summed E-state index contributed by atoms with van der Waals surface area (Å²) in [5, 5.41) is 1.48. The topological polar surface area (TPSA) is 68.3 Å². The fraction of sp³-hybridized carbons (Fsp3) is 0.211. The van der Waals surface area contributed by atoms with E-state index in [2.05, 4.69) is 9.71 Å². The van der Waals surface area contributed by atoms with Gasteiger partial charge in [-0.2, -0.15) is 0 Å². The minimum Gasteiger partial charge on any atom is -0.496 e. The minimum absolute atomic E-state index is 0.243. The van der Waals surface area contributed by atoms with E-state index in [9.17, 15) is 8.42 Å². The Balaban J connectivity index is 1.72. The molecule has 2 aromatic carbocycles. The fourth-order valence-electron chi connectivity index (χ4n) is 3.51. The third kappa shape index (κ3) is 2.77. The van der Waals surface area contributed by atoms with Crippen molar-refractivity contribution >= 4 is 20.8 Å². The highest BCUT2D eigenvalue weighted by molar-refractivity contribution is 7.89. The van der Waals surface area contributed by atoms with E-state index >= 15 is 0 Å². The molecule has 25 heavy (non-hydrogen) atoms. The first-order valence-corrected chi connectivity index (χ1v) is 9.59. The lowest BCUT2D eigenvalue weighted by Crippen LogP contribution is -2.27. The van der Waals surface area contributed by atoms with Crippen LogP contribution in [0.2, 0.25) is 0 Å². The Morgan fingerprint density at radius 2 is 2.00 bits per heavy atom. The first-order chi connectivity index (χ1) is 12.1. The van der Waals surface area contributed by atoms with Crippen molar-refractivity contribution in [2.45, 2.75) is 23.8 Å². The van der Waals surface area contributed by atoms with Gasteiger partial charge in [0.25, 0.3) is 0 Å². The van der Waals surface area contributed by atoms with Crippen LogP contribution < -0.4 is 9.46 Å². The molecule has 0 aliphatic heterocycles. The van der Waals surface area contributed by atoms with E-state index in [4.69, 9.17) is 4.74 Å². The van der Waals surface area contributed by atoms with Gasteiger partial charge < -0.3 is 4.74 Å². The van der Waals surface area contributed by atoms with Gasteiger partial charge in [-0.05, 0) is 42.2 Å². The molecular formula is C19H18N2O3S. The van der Waals surface area contributed by atoms with E-state index in [-0.39, 0.29) is 10.9 Å². The second-order valence-corrected chi connectivity index (χ2v) is 7.78. The van der Waals surface area contributed by atoms with Crippen LogP contribution in [0, 0.1) is 0 Å². The monoisotopic (exact) mass is 354 g/mol. The molecule has 1 N–H and O–H groups in total. The van der Waals surface area contributed by atoms with Crippen molar-refractivity contribution in [3.05, 3.63) is 66.0 Å². The molecule has 4 rings (SSSR count). The summed E-state index contributed by atoms with van der Waals surface area (Å²) < 4.78 is 34.3. The first-order valence-electron chi connectivity index (χ1n) is 8.11. The zero-order valence-electron chi connectivity index (χ0n) is 13.8.